The van der Waals surface area contributed by atoms with E-state index in [-0.39, 0.29) is 0 Å². The van der Waals surface area contributed by atoms with Gasteiger partial charge in [0.2, 0.25) is 0 Å². The lowest BCUT2D eigenvalue weighted by molar-refractivity contribution is 0.244. The van der Waals surface area contributed by atoms with Gasteiger partial charge in [-0.2, -0.15) is 11.8 Å². The van der Waals surface area contributed by atoms with Gasteiger partial charge in [0.05, 0.1) is 0 Å². The topological polar surface area (TPSA) is 15.3 Å². The average Bonchev–Trinajstić information content (AvgIpc) is 3.00. The lowest BCUT2D eigenvalue weighted by Gasteiger charge is -2.27. The highest BCUT2D eigenvalue weighted by Crippen LogP contribution is 2.36. The zero-order valence-corrected chi connectivity index (χ0v) is 14.3. The average molecular weight is 355 g/mol. The van der Waals surface area contributed by atoms with Gasteiger partial charge in [-0.25, -0.2) is 0 Å². The molecule has 1 unspecified atom stereocenters. The molecule has 0 saturated carbocycles. The Bertz CT molecular complexity index is 440. The molecule has 1 N–H and O–H groups in total. The van der Waals surface area contributed by atoms with E-state index in [1.54, 1.807) is 0 Å². The summed E-state index contributed by atoms with van der Waals surface area (Å²) in [5, 5.41) is 3.41. The Morgan fingerprint density at radius 3 is 2.85 bits per heavy atom. The predicted molar refractivity (Wildman–Crippen MR) is 91.8 cm³/mol. The Labute approximate surface area is 134 Å². The molecule has 3 rings (SSSR count). The molecule has 2 nitrogen and oxygen atoms in total. The first-order valence-corrected chi connectivity index (χ1v) is 9.57. The molecule has 0 amide bonds. The minimum absolute atomic E-state index is 0.761. The second kappa shape index (κ2) is 7.30. The van der Waals surface area contributed by atoms with Gasteiger partial charge in [0.25, 0.3) is 0 Å². The van der Waals surface area contributed by atoms with Crippen molar-refractivity contribution in [3.05, 3.63) is 33.8 Å². The number of nitrogens with zero attached hydrogens (tertiary/aromatic N) is 1. The van der Waals surface area contributed by atoms with E-state index >= 15 is 0 Å². The second-order valence-corrected chi connectivity index (χ2v) is 7.76. The molecular formula is C16H23BrN2S. The standard InChI is InChI=1S/C16H23BrN2S/c17-16-11-13(3-7-19-8-5-18-6-9-19)1-2-15(16)14-4-10-20-12-14/h1-2,11,14,18H,3-10,12H2. The van der Waals surface area contributed by atoms with Crippen molar-refractivity contribution in [2.75, 3.05) is 44.2 Å². The van der Waals surface area contributed by atoms with Crippen LogP contribution in [0.3, 0.4) is 0 Å². The molecule has 0 aliphatic carbocycles. The van der Waals surface area contributed by atoms with Crippen LogP contribution < -0.4 is 5.32 Å². The lowest BCUT2D eigenvalue weighted by Crippen LogP contribution is -2.44. The van der Waals surface area contributed by atoms with Crippen LogP contribution in [-0.2, 0) is 6.42 Å². The number of rotatable bonds is 4. The number of hydrogen-bond acceptors (Lipinski definition) is 3. The summed E-state index contributed by atoms with van der Waals surface area (Å²) in [5.74, 6) is 3.37. The third kappa shape index (κ3) is 3.79. The van der Waals surface area contributed by atoms with Crippen LogP contribution in [0.15, 0.2) is 22.7 Å². The molecule has 0 spiro atoms. The summed E-state index contributed by atoms with van der Waals surface area (Å²) >= 11 is 5.88. The number of nitrogens with one attached hydrogen (secondary N) is 1. The van der Waals surface area contributed by atoms with Crippen molar-refractivity contribution in [1.82, 2.24) is 10.2 Å². The van der Waals surface area contributed by atoms with E-state index < -0.39 is 0 Å². The van der Waals surface area contributed by atoms with Gasteiger partial charge in [0.1, 0.15) is 0 Å². The Balaban J connectivity index is 1.58. The molecule has 0 aromatic heterocycles. The first kappa shape index (κ1) is 14.9. The maximum Gasteiger partial charge on any atom is 0.0213 e. The molecule has 2 fully saturated rings. The highest BCUT2D eigenvalue weighted by Gasteiger charge is 2.19. The first-order chi connectivity index (χ1) is 9.83. The van der Waals surface area contributed by atoms with Crippen molar-refractivity contribution in [3.8, 4) is 0 Å². The van der Waals surface area contributed by atoms with Crippen LogP contribution in [0.4, 0.5) is 0 Å². The summed E-state index contributed by atoms with van der Waals surface area (Å²) in [5.41, 5.74) is 2.98. The van der Waals surface area contributed by atoms with Crippen LogP contribution in [0.25, 0.3) is 0 Å². The van der Waals surface area contributed by atoms with Crippen LogP contribution >= 0.6 is 27.7 Å². The molecule has 2 saturated heterocycles. The molecule has 2 aliphatic heterocycles. The van der Waals surface area contributed by atoms with Crippen molar-refractivity contribution >= 4 is 27.7 Å². The van der Waals surface area contributed by atoms with E-state index in [2.05, 4.69) is 56.1 Å². The fraction of sp³-hybridized carbons (Fsp3) is 0.625. The number of thioether (sulfide) groups is 1. The molecule has 4 heteroatoms. The summed E-state index contributed by atoms with van der Waals surface area (Å²) in [6.07, 6.45) is 2.50. The van der Waals surface area contributed by atoms with Crippen molar-refractivity contribution in [1.29, 1.82) is 0 Å². The van der Waals surface area contributed by atoms with Gasteiger partial charge in [-0.15, -0.1) is 0 Å². The van der Waals surface area contributed by atoms with E-state index in [1.165, 1.54) is 53.2 Å². The SMILES string of the molecule is Brc1cc(CCN2CCNCC2)ccc1C1CCSC1. The zero-order valence-electron chi connectivity index (χ0n) is 11.9. The van der Waals surface area contributed by atoms with E-state index in [9.17, 15) is 0 Å². The third-order valence-corrected chi connectivity index (χ3v) is 6.21. The van der Waals surface area contributed by atoms with E-state index in [4.69, 9.17) is 0 Å². The summed E-state index contributed by atoms with van der Waals surface area (Å²) < 4.78 is 1.32. The summed E-state index contributed by atoms with van der Waals surface area (Å²) in [4.78, 5) is 2.56. The summed E-state index contributed by atoms with van der Waals surface area (Å²) in [7, 11) is 0. The lowest BCUT2D eigenvalue weighted by atomic mass is 9.97. The maximum absolute atomic E-state index is 3.79. The van der Waals surface area contributed by atoms with Crippen molar-refractivity contribution in [3.63, 3.8) is 0 Å². The van der Waals surface area contributed by atoms with E-state index in [0.29, 0.717) is 0 Å². The van der Waals surface area contributed by atoms with Gasteiger partial charge in [-0.1, -0.05) is 28.1 Å². The number of hydrogen-bond donors (Lipinski definition) is 1. The van der Waals surface area contributed by atoms with Crippen LogP contribution in [0.1, 0.15) is 23.5 Å². The molecule has 1 atom stereocenters. The fourth-order valence-corrected chi connectivity index (χ4v) is 5.06. The van der Waals surface area contributed by atoms with Gasteiger partial charge in [0, 0.05) is 42.9 Å². The molecule has 0 bridgehead atoms. The Hall–Kier alpha value is -0.0300. The second-order valence-electron chi connectivity index (χ2n) is 5.76. The Morgan fingerprint density at radius 2 is 2.15 bits per heavy atom. The van der Waals surface area contributed by atoms with Crippen molar-refractivity contribution in [2.45, 2.75) is 18.8 Å². The van der Waals surface area contributed by atoms with Gasteiger partial charge >= 0.3 is 0 Å². The van der Waals surface area contributed by atoms with Crippen molar-refractivity contribution in [2.24, 2.45) is 0 Å². The van der Waals surface area contributed by atoms with Crippen LogP contribution in [-0.4, -0.2) is 49.1 Å². The van der Waals surface area contributed by atoms with Crippen LogP contribution in [0, 0.1) is 0 Å². The van der Waals surface area contributed by atoms with Crippen LogP contribution in [0.5, 0.6) is 0 Å². The summed E-state index contributed by atoms with van der Waals surface area (Å²) in [6, 6.07) is 7.04. The molecular weight excluding hydrogens is 332 g/mol. The molecule has 0 radical (unpaired) electrons. The monoisotopic (exact) mass is 354 g/mol. The van der Waals surface area contributed by atoms with E-state index in [0.717, 1.165) is 25.4 Å². The minimum atomic E-state index is 0.761. The quantitative estimate of drug-likeness (QED) is 0.894. The van der Waals surface area contributed by atoms with Crippen molar-refractivity contribution < 1.29 is 0 Å². The highest BCUT2D eigenvalue weighted by molar-refractivity contribution is 9.10. The molecule has 1 aromatic carbocycles. The van der Waals surface area contributed by atoms with Gasteiger partial charge in [0.15, 0.2) is 0 Å². The molecule has 2 aliphatic rings. The molecule has 20 heavy (non-hydrogen) atoms. The fourth-order valence-electron chi connectivity index (χ4n) is 3.06. The maximum atomic E-state index is 3.79. The third-order valence-electron chi connectivity index (χ3n) is 4.36. The zero-order chi connectivity index (χ0) is 13.8. The van der Waals surface area contributed by atoms with E-state index in [1.807, 2.05) is 0 Å². The Morgan fingerprint density at radius 1 is 1.30 bits per heavy atom. The molecule has 1 aromatic rings. The van der Waals surface area contributed by atoms with Gasteiger partial charge < -0.3 is 10.2 Å². The molecule has 110 valence electrons. The van der Waals surface area contributed by atoms with Gasteiger partial charge in [-0.05, 0) is 41.7 Å². The number of halogens is 1. The summed E-state index contributed by atoms with van der Waals surface area (Å²) in [6.45, 7) is 5.85. The highest BCUT2D eigenvalue weighted by atomic mass is 79.9. The number of piperazine rings is 1. The predicted octanol–water partition coefficient (Wildman–Crippen LogP) is 3.12. The minimum Gasteiger partial charge on any atom is -0.314 e. The van der Waals surface area contributed by atoms with Gasteiger partial charge in [-0.3, -0.25) is 0 Å². The Kier molecular flexibility index (Phi) is 5.43. The largest absolute Gasteiger partial charge is 0.314 e. The van der Waals surface area contributed by atoms with Crippen LogP contribution in [0.2, 0.25) is 0 Å². The smallest absolute Gasteiger partial charge is 0.0213 e. The number of benzene rings is 1. The normalized spacial score (nSPS) is 24.1. The molecule has 2 heterocycles. The first-order valence-electron chi connectivity index (χ1n) is 7.62.